The van der Waals surface area contributed by atoms with Gasteiger partial charge in [-0.25, -0.2) is 29.3 Å². The van der Waals surface area contributed by atoms with Gasteiger partial charge >= 0.3 is 0 Å². The van der Waals surface area contributed by atoms with Crippen molar-refractivity contribution in [2.45, 2.75) is 50.2 Å². The van der Waals surface area contributed by atoms with Crippen LogP contribution in [0, 0.1) is 0 Å². The van der Waals surface area contributed by atoms with Crippen molar-refractivity contribution >= 4 is 0 Å². The molecule has 10 nitrogen and oxygen atoms in total. The molecule has 10 heteroatoms. The Kier molecular flexibility index (Phi) is 9.52. The highest BCUT2D eigenvalue weighted by Gasteiger charge is 2.50. The molecule has 0 radical (unpaired) electrons. The molecule has 1 fully saturated rings. The van der Waals surface area contributed by atoms with Crippen LogP contribution in [0.15, 0.2) is 0 Å². The second-order valence-electron chi connectivity index (χ2n) is 5.50. The fourth-order valence-electron chi connectivity index (χ4n) is 2.62. The highest BCUT2D eigenvalue weighted by atomic mass is 17.2. The quantitative estimate of drug-likeness (QED) is 0.401. The molecular formula is C14H28O10. The molecule has 1 saturated heterocycles. The van der Waals surface area contributed by atoms with Gasteiger partial charge in [-0.2, -0.15) is 0 Å². The van der Waals surface area contributed by atoms with Gasteiger partial charge in [-0.3, -0.25) is 0 Å². The maximum absolute atomic E-state index is 9.60. The summed E-state index contributed by atoms with van der Waals surface area (Å²) in [6.07, 6.45) is -3.58. The zero-order valence-electron chi connectivity index (χ0n) is 14.9. The first-order valence-electron chi connectivity index (χ1n) is 7.47. The number of aliphatic hydroxyl groups excluding tert-OH is 1. The summed E-state index contributed by atoms with van der Waals surface area (Å²) >= 11 is 0. The van der Waals surface area contributed by atoms with Crippen LogP contribution in [0.5, 0.6) is 0 Å². The number of ether oxygens (including phenoxy) is 3. The van der Waals surface area contributed by atoms with Crippen molar-refractivity contribution in [2.75, 3.05) is 41.7 Å². The molecule has 1 rings (SSSR count). The van der Waals surface area contributed by atoms with Crippen LogP contribution in [0.25, 0.3) is 0 Å². The van der Waals surface area contributed by atoms with E-state index in [1.165, 1.54) is 28.4 Å². The van der Waals surface area contributed by atoms with Crippen molar-refractivity contribution in [3.63, 3.8) is 0 Å². The van der Waals surface area contributed by atoms with Crippen molar-refractivity contribution < 1.29 is 48.6 Å². The Labute approximate surface area is 141 Å². The molecule has 0 aromatic rings. The summed E-state index contributed by atoms with van der Waals surface area (Å²) in [5.74, 6) is -0.984. The molecular weight excluding hydrogens is 328 g/mol. The molecule has 0 spiro atoms. The second kappa shape index (κ2) is 10.6. The summed E-state index contributed by atoms with van der Waals surface area (Å²) in [5.41, 5.74) is 0. The Balaban J connectivity index is 3.06. The molecule has 144 valence electrons. The summed E-state index contributed by atoms with van der Waals surface area (Å²) in [7, 11) is 5.55. The third-order valence-electron chi connectivity index (χ3n) is 3.46. The van der Waals surface area contributed by atoms with E-state index >= 15 is 0 Å². The van der Waals surface area contributed by atoms with E-state index in [1.807, 2.05) is 0 Å². The minimum Gasteiger partial charge on any atom is -0.394 e. The smallest absolute Gasteiger partial charge is 0.164 e. The fraction of sp³-hybridized carbons (Fsp3) is 1.00. The van der Waals surface area contributed by atoms with Gasteiger partial charge in [-0.1, -0.05) is 0 Å². The molecule has 1 aliphatic heterocycles. The van der Waals surface area contributed by atoms with Gasteiger partial charge in [0.1, 0.15) is 24.9 Å². The zero-order valence-corrected chi connectivity index (χ0v) is 14.9. The van der Waals surface area contributed by atoms with Gasteiger partial charge in [0, 0.05) is 7.11 Å². The third-order valence-corrected chi connectivity index (χ3v) is 3.46. The summed E-state index contributed by atoms with van der Waals surface area (Å²) in [4.78, 5) is 29.6. The Hall–Kier alpha value is -0.400. The predicted octanol–water partition coefficient (Wildman–Crippen LogP) is -0.0150. The second-order valence-corrected chi connectivity index (χ2v) is 5.50. The minimum absolute atomic E-state index is 0.0280. The molecule has 0 saturated carbocycles. The first-order chi connectivity index (χ1) is 11.4. The topological polar surface area (TPSA) is 103 Å². The van der Waals surface area contributed by atoms with Crippen molar-refractivity contribution in [2.24, 2.45) is 0 Å². The van der Waals surface area contributed by atoms with E-state index in [9.17, 15) is 5.11 Å². The van der Waals surface area contributed by atoms with Crippen LogP contribution in [-0.2, 0) is 43.5 Å². The molecule has 0 bridgehead atoms. The van der Waals surface area contributed by atoms with Crippen LogP contribution in [0.1, 0.15) is 13.8 Å². The first-order valence-corrected chi connectivity index (χ1v) is 7.47. The molecule has 1 N–H and O–H groups in total. The van der Waals surface area contributed by atoms with Crippen LogP contribution in [-0.4, -0.2) is 83.1 Å². The highest BCUT2D eigenvalue weighted by molar-refractivity contribution is 4.93. The molecule has 5 atom stereocenters. The van der Waals surface area contributed by atoms with Crippen molar-refractivity contribution in [1.29, 1.82) is 0 Å². The molecule has 0 unspecified atom stereocenters. The lowest BCUT2D eigenvalue weighted by Crippen LogP contribution is -2.62. The number of methoxy groups -OCH3 is 1. The Morgan fingerprint density at radius 1 is 1.00 bits per heavy atom. The number of hydrogen-bond donors (Lipinski definition) is 1. The SMILES string of the molecule is COOC[C@@H](OOC)[C@H](OOC)[C@@H]1OC(C)(C)O[C@H](CO)[C@@H]1OC. The number of hydrogen-bond acceptors (Lipinski definition) is 10. The van der Waals surface area contributed by atoms with Gasteiger partial charge in [0.05, 0.1) is 27.9 Å². The van der Waals surface area contributed by atoms with E-state index in [1.54, 1.807) is 13.8 Å². The van der Waals surface area contributed by atoms with E-state index < -0.39 is 36.3 Å². The van der Waals surface area contributed by atoms with Gasteiger partial charge in [-0.05, 0) is 13.8 Å². The maximum Gasteiger partial charge on any atom is 0.164 e. The summed E-state index contributed by atoms with van der Waals surface area (Å²) < 4.78 is 17.1. The number of aliphatic hydroxyl groups is 1. The van der Waals surface area contributed by atoms with Crippen molar-refractivity contribution in [3.8, 4) is 0 Å². The normalized spacial score (nSPS) is 29.4. The standard InChI is InChI=1S/C14H28O10/c1-14(2)21-9(7-15)11(16-3)13(22-14)12(24-19-6)10(23-18-5)8-20-17-4/h9-13,15H,7-8H2,1-6H3/t9-,10-,11+,12+,13-/m1/s1. The van der Waals surface area contributed by atoms with Gasteiger partial charge in [-0.15, -0.1) is 0 Å². The molecule has 0 amide bonds. The van der Waals surface area contributed by atoms with E-state index in [-0.39, 0.29) is 13.2 Å². The Morgan fingerprint density at radius 2 is 1.67 bits per heavy atom. The summed E-state index contributed by atoms with van der Waals surface area (Å²) in [5, 5.41) is 9.60. The van der Waals surface area contributed by atoms with Gasteiger partial charge in [0.15, 0.2) is 18.0 Å². The average Bonchev–Trinajstić information content (AvgIpc) is 2.55. The molecule has 0 aromatic heterocycles. The molecule has 1 heterocycles. The van der Waals surface area contributed by atoms with Gasteiger partial charge in [0.2, 0.25) is 0 Å². The average molecular weight is 356 g/mol. The van der Waals surface area contributed by atoms with E-state index in [0.29, 0.717) is 0 Å². The Morgan fingerprint density at radius 3 is 2.17 bits per heavy atom. The number of rotatable bonds is 11. The van der Waals surface area contributed by atoms with E-state index in [2.05, 4.69) is 4.89 Å². The predicted molar refractivity (Wildman–Crippen MR) is 78.4 cm³/mol. The van der Waals surface area contributed by atoms with Crippen LogP contribution in [0.4, 0.5) is 0 Å². The van der Waals surface area contributed by atoms with Crippen molar-refractivity contribution in [3.05, 3.63) is 0 Å². The van der Waals surface area contributed by atoms with Crippen LogP contribution in [0.3, 0.4) is 0 Å². The summed E-state index contributed by atoms with van der Waals surface area (Å²) in [6, 6.07) is 0. The monoisotopic (exact) mass is 356 g/mol. The lowest BCUT2D eigenvalue weighted by atomic mass is 9.97. The minimum atomic E-state index is -0.984. The van der Waals surface area contributed by atoms with Gasteiger partial charge in [0.25, 0.3) is 0 Å². The van der Waals surface area contributed by atoms with E-state index in [4.69, 9.17) is 38.6 Å². The van der Waals surface area contributed by atoms with Crippen LogP contribution >= 0.6 is 0 Å². The third kappa shape index (κ3) is 5.85. The van der Waals surface area contributed by atoms with Crippen LogP contribution in [0.2, 0.25) is 0 Å². The Bertz CT molecular complexity index is 340. The fourth-order valence-corrected chi connectivity index (χ4v) is 2.62. The lowest BCUT2D eigenvalue weighted by Gasteiger charge is -2.47. The molecule has 24 heavy (non-hydrogen) atoms. The largest absolute Gasteiger partial charge is 0.394 e. The summed E-state index contributed by atoms with van der Waals surface area (Å²) in [6.45, 7) is 3.15. The maximum atomic E-state index is 9.60. The molecule has 0 aliphatic carbocycles. The molecule has 0 aromatic carbocycles. The zero-order chi connectivity index (χ0) is 18.2. The lowest BCUT2D eigenvalue weighted by molar-refractivity contribution is -0.432. The van der Waals surface area contributed by atoms with E-state index in [0.717, 1.165) is 0 Å². The van der Waals surface area contributed by atoms with Crippen LogP contribution < -0.4 is 0 Å². The van der Waals surface area contributed by atoms with Gasteiger partial charge < -0.3 is 19.3 Å². The first kappa shape index (κ1) is 21.6. The van der Waals surface area contributed by atoms with Crippen molar-refractivity contribution in [1.82, 2.24) is 0 Å². The molecule has 1 aliphatic rings. The highest BCUT2D eigenvalue weighted by Crippen LogP contribution is 2.32.